The zero-order chi connectivity index (χ0) is 26.0. The number of alkyl halides is 3. The van der Waals surface area contributed by atoms with Crippen molar-refractivity contribution in [3.63, 3.8) is 0 Å². The van der Waals surface area contributed by atoms with E-state index in [0.29, 0.717) is 40.8 Å². The summed E-state index contributed by atoms with van der Waals surface area (Å²) < 4.78 is 41.8. The Labute approximate surface area is 209 Å². The van der Waals surface area contributed by atoms with Crippen LogP contribution in [0, 0.1) is 0 Å². The molecule has 37 heavy (non-hydrogen) atoms. The summed E-state index contributed by atoms with van der Waals surface area (Å²) in [6.45, 7) is 0.409. The molecule has 5 aromatic rings. The molecular formula is C28H21F3N4O2. The van der Waals surface area contributed by atoms with Crippen molar-refractivity contribution in [2.45, 2.75) is 19.1 Å². The third-order valence-corrected chi connectivity index (χ3v) is 6.03. The molecule has 0 aliphatic heterocycles. The Kier molecular flexibility index (Phi) is 6.35. The number of fused-ring (bicyclic) bond motifs is 1. The van der Waals surface area contributed by atoms with Crippen LogP contribution in [0.1, 0.15) is 21.6 Å². The summed E-state index contributed by atoms with van der Waals surface area (Å²) in [7, 11) is 0. The number of carbonyl (C=O) groups is 1. The maximum absolute atomic E-state index is 13.4. The van der Waals surface area contributed by atoms with Crippen molar-refractivity contribution in [2.75, 3.05) is 5.32 Å². The number of aryl methyl sites for hydroxylation is 2. The van der Waals surface area contributed by atoms with Crippen LogP contribution in [0.15, 0.2) is 95.9 Å². The summed E-state index contributed by atoms with van der Waals surface area (Å²) in [6.07, 6.45) is -2.35. The second-order valence-electron chi connectivity index (χ2n) is 8.46. The molecule has 0 aliphatic carbocycles. The Hall–Kier alpha value is -4.66. The number of H-pyrrole nitrogens is 1. The van der Waals surface area contributed by atoms with Gasteiger partial charge in [0.1, 0.15) is 0 Å². The first kappa shape index (κ1) is 24.1. The lowest BCUT2D eigenvalue weighted by atomic mass is 9.96. The molecule has 2 N–H and O–H groups in total. The largest absolute Gasteiger partial charge is 0.416 e. The second-order valence-corrected chi connectivity index (χ2v) is 8.46. The zero-order valence-electron chi connectivity index (χ0n) is 19.4. The number of pyridine rings is 1. The van der Waals surface area contributed by atoms with Gasteiger partial charge in [-0.05, 0) is 53.6 Å². The number of rotatable bonds is 6. The summed E-state index contributed by atoms with van der Waals surface area (Å²) in [5.74, 6) is -0.693. The smallest absolute Gasteiger partial charge is 0.322 e. The fourth-order valence-corrected chi connectivity index (χ4v) is 4.21. The van der Waals surface area contributed by atoms with Crippen LogP contribution >= 0.6 is 0 Å². The predicted molar refractivity (Wildman–Crippen MR) is 135 cm³/mol. The average Bonchev–Trinajstić information content (AvgIpc) is 3.21. The highest BCUT2D eigenvalue weighted by Crippen LogP contribution is 2.34. The molecule has 186 valence electrons. The van der Waals surface area contributed by atoms with E-state index in [2.05, 4.69) is 15.3 Å². The van der Waals surface area contributed by atoms with Gasteiger partial charge in [0.15, 0.2) is 0 Å². The fourth-order valence-electron chi connectivity index (χ4n) is 4.21. The number of nitrogens with zero attached hydrogens (tertiary/aromatic N) is 2. The third kappa shape index (κ3) is 5.16. The van der Waals surface area contributed by atoms with Gasteiger partial charge >= 0.3 is 11.9 Å². The number of carbonyl (C=O) groups excluding carboxylic acids is 1. The van der Waals surface area contributed by atoms with Gasteiger partial charge in [-0.15, -0.1) is 0 Å². The van der Waals surface area contributed by atoms with Crippen molar-refractivity contribution in [1.82, 2.24) is 14.5 Å². The van der Waals surface area contributed by atoms with E-state index >= 15 is 0 Å². The van der Waals surface area contributed by atoms with Crippen molar-refractivity contribution >= 4 is 22.6 Å². The fraction of sp³-hybridized carbons (Fsp3) is 0.107. The molecular weight excluding hydrogens is 481 g/mol. The number of benzene rings is 3. The van der Waals surface area contributed by atoms with Crippen LogP contribution in [0.25, 0.3) is 22.2 Å². The van der Waals surface area contributed by atoms with Gasteiger partial charge in [-0.3, -0.25) is 14.3 Å². The molecule has 0 radical (unpaired) electrons. The normalized spacial score (nSPS) is 11.5. The van der Waals surface area contributed by atoms with Gasteiger partial charge in [0.05, 0.1) is 16.6 Å². The van der Waals surface area contributed by atoms with Crippen molar-refractivity contribution in [3.8, 4) is 11.1 Å². The summed E-state index contributed by atoms with van der Waals surface area (Å²) in [6, 6.07) is 22.3. The highest BCUT2D eigenvalue weighted by molar-refractivity contribution is 6.09. The molecule has 0 saturated heterocycles. The maximum atomic E-state index is 13.4. The van der Waals surface area contributed by atoms with E-state index in [1.165, 1.54) is 6.07 Å². The lowest BCUT2D eigenvalue weighted by molar-refractivity contribution is -0.137. The van der Waals surface area contributed by atoms with E-state index < -0.39 is 17.6 Å². The molecule has 0 unspecified atom stereocenters. The number of aromatic nitrogens is 3. The molecule has 0 aliphatic rings. The van der Waals surface area contributed by atoms with E-state index in [1.807, 2.05) is 18.2 Å². The lowest BCUT2D eigenvalue weighted by Crippen LogP contribution is -2.18. The number of imidazole rings is 1. The standard InChI is InChI=1S/C28H21F3N4O2/c29-28(30,31)19-9-11-22(18-6-2-1-3-7-18)23(16-19)26(36)33-21-10-12-25-24(17-21)34-27(37)35(25)15-13-20-8-4-5-14-32-20/h1-12,14,16-17H,13,15H2,(H,33,36)(H,34,37). The molecule has 0 fully saturated rings. The molecule has 0 spiro atoms. The monoisotopic (exact) mass is 502 g/mol. The Morgan fingerprint density at radius 3 is 2.46 bits per heavy atom. The van der Waals surface area contributed by atoms with E-state index in [9.17, 15) is 22.8 Å². The summed E-state index contributed by atoms with van der Waals surface area (Å²) in [5, 5.41) is 2.68. The topological polar surface area (TPSA) is 79.8 Å². The first-order valence-electron chi connectivity index (χ1n) is 11.5. The van der Waals surface area contributed by atoms with Gasteiger partial charge in [0.25, 0.3) is 5.91 Å². The van der Waals surface area contributed by atoms with Crippen molar-refractivity contribution in [1.29, 1.82) is 0 Å². The van der Waals surface area contributed by atoms with Gasteiger partial charge < -0.3 is 10.3 Å². The van der Waals surface area contributed by atoms with Crippen molar-refractivity contribution in [2.24, 2.45) is 0 Å². The quantitative estimate of drug-likeness (QED) is 0.303. The van der Waals surface area contributed by atoms with Gasteiger partial charge in [0, 0.05) is 36.1 Å². The Morgan fingerprint density at radius 2 is 1.73 bits per heavy atom. The molecule has 0 saturated carbocycles. The minimum atomic E-state index is -4.60. The molecule has 9 heteroatoms. The molecule has 2 aromatic heterocycles. The zero-order valence-corrected chi connectivity index (χ0v) is 19.4. The number of hydrogen-bond donors (Lipinski definition) is 2. The summed E-state index contributed by atoms with van der Waals surface area (Å²) in [4.78, 5) is 32.8. The van der Waals surface area contributed by atoms with Crippen LogP contribution < -0.4 is 11.0 Å². The van der Waals surface area contributed by atoms with E-state index in [4.69, 9.17) is 0 Å². The van der Waals surface area contributed by atoms with Gasteiger partial charge in [-0.25, -0.2) is 4.79 Å². The molecule has 2 heterocycles. The van der Waals surface area contributed by atoms with E-state index in [0.717, 1.165) is 17.8 Å². The minimum Gasteiger partial charge on any atom is -0.322 e. The van der Waals surface area contributed by atoms with Crippen LogP contribution in [0.5, 0.6) is 0 Å². The molecule has 5 rings (SSSR count). The van der Waals surface area contributed by atoms with Crippen LogP contribution in [-0.2, 0) is 19.1 Å². The Bertz CT molecular complexity index is 1620. The maximum Gasteiger partial charge on any atom is 0.416 e. The number of anilines is 1. The highest BCUT2D eigenvalue weighted by atomic mass is 19.4. The molecule has 1 amide bonds. The van der Waals surface area contributed by atoms with Crippen LogP contribution in [0.3, 0.4) is 0 Å². The third-order valence-electron chi connectivity index (χ3n) is 6.03. The summed E-state index contributed by atoms with van der Waals surface area (Å²) in [5.41, 5.74) is 1.99. The first-order chi connectivity index (χ1) is 17.8. The Balaban J connectivity index is 1.44. The van der Waals surface area contributed by atoms with Crippen LogP contribution in [0.2, 0.25) is 0 Å². The molecule has 0 atom stereocenters. The number of aromatic amines is 1. The van der Waals surface area contributed by atoms with Gasteiger partial charge in [-0.1, -0.05) is 42.5 Å². The highest BCUT2D eigenvalue weighted by Gasteiger charge is 2.32. The van der Waals surface area contributed by atoms with E-state index in [-0.39, 0.29) is 11.3 Å². The first-order valence-corrected chi connectivity index (χ1v) is 11.5. The van der Waals surface area contributed by atoms with Crippen molar-refractivity contribution < 1.29 is 18.0 Å². The van der Waals surface area contributed by atoms with Gasteiger partial charge in [0.2, 0.25) is 0 Å². The van der Waals surface area contributed by atoms with Gasteiger partial charge in [-0.2, -0.15) is 13.2 Å². The van der Waals surface area contributed by atoms with E-state index in [1.54, 1.807) is 59.3 Å². The Morgan fingerprint density at radius 1 is 0.946 bits per heavy atom. The minimum absolute atomic E-state index is 0.109. The number of hydrogen-bond acceptors (Lipinski definition) is 3. The van der Waals surface area contributed by atoms with Crippen molar-refractivity contribution in [3.05, 3.63) is 118 Å². The predicted octanol–water partition coefficient (Wildman–Crippen LogP) is 5.91. The second kappa shape index (κ2) is 9.77. The lowest BCUT2D eigenvalue weighted by Gasteiger charge is -2.14. The number of amides is 1. The molecule has 3 aromatic carbocycles. The summed E-state index contributed by atoms with van der Waals surface area (Å²) >= 11 is 0. The molecule has 0 bridgehead atoms. The number of halogens is 3. The SMILES string of the molecule is O=C(Nc1ccc2c(c1)[nH]c(=O)n2CCc1ccccn1)c1cc(C(F)(F)F)ccc1-c1ccccc1. The molecule has 6 nitrogen and oxygen atoms in total. The average molecular weight is 502 g/mol. The number of nitrogens with one attached hydrogen (secondary N) is 2. The van der Waals surface area contributed by atoms with Crippen LogP contribution in [0.4, 0.5) is 18.9 Å². The van der Waals surface area contributed by atoms with Crippen LogP contribution in [-0.4, -0.2) is 20.4 Å².